The number of phenols is 1. The van der Waals surface area contributed by atoms with E-state index in [1.54, 1.807) is 12.1 Å². The predicted octanol–water partition coefficient (Wildman–Crippen LogP) is 6.67. The van der Waals surface area contributed by atoms with E-state index in [2.05, 4.69) is 62.5 Å². The molecule has 4 aliphatic heterocycles. The molecule has 8 nitrogen and oxygen atoms in total. The molecular formula is C45H50FN5O3. The van der Waals surface area contributed by atoms with Gasteiger partial charge in [0.15, 0.2) is 0 Å². The summed E-state index contributed by atoms with van der Waals surface area (Å²) in [6.45, 7) is 7.88. The monoisotopic (exact) mass is 727 g/mol. The molecule has 280 valence electrons. The number of benzene rings is 4. The second-order valence-corrected chi connectivity index (χ2v) is 16.1. The zero-order valence-electron chi connectivity index (χ0n) is 30.9. The molecule has 0 spiro atoms. The van der Waals surface area contributed by atoms with E-state index in [0.717, 1.165) is 100 Å². The third kappa shape index (κ3) is 6.83. The van der Waals surface area contributed by atoms with Gasteiger partial charge in [-0.25, -0.2) is 4.39 Å². The van der Waals surface area contributed by atoms with E-state index in [4.69, 9.17) is 0 Å². The molecule has 0 bridgehead atoms. The summed E-state index contributed by atoms with van der Waals surface area (Å²) in [5.74, 6) is 1.16. The Morgan fingerprint density at radius 2 is 1.56 bits per heavy atom. The van der Waals surface area contributed by atoms with Gasteiger partial charge in [-0.15, -0.1) is 0 Å². The molecule has 9 rings (SSSR count). The van der Waals surface area contributed by atoms with Crippen LogP contribution in [0.4, 0.5) is 15.8 Å². The number of rotatable bonds is 7. The maximum absolute atomic E-state index is 16.1. The summed E-state index contributed by atoms with van der Waals surface area (Å²) >= 11 is 0. The van der Waals surface area contributed by atoms with E-state index in [1.165, 1.54) is 16.8 Å². The molecule has 5 aliphatic rings. The van der Waals surface area contributed by atoms with Crippen molar-refractivity contribution in [2.45, 2.75) is 62.9 Å². The number of anilines is 2. The first-order valence-corrected chi connectivity index (χ1v) is 20.0. The van der Waals surface area contributed by atoms with Crippen molar-refractivity contribution < 1.29 is 19.1 Å². The molecular weight excluding hydrogens is 678 g/mol. The van der Waals surface area contributed by atoms with E-state index in [1.807, 2.05) is 35.2 Å². The number of aromatic hydroxyl groups is 1. The smallest absolute Gasteiger partial charge is 0.254 e. The zero-order chi connectivity index (χ0) is 36.8. The summed E-state index contributed by atoms with van der Waals surface area (Å²) in [7, 11) is 0. The van der Waals surface area contributed by atoms with Crippen LogP contribution in [0.15, 0.2) is 84.9 Å². The minimum absolute atomic E-state index is 0.0295. The normalized spacial score (nSPS) is 23.6. The molecule has 1 aliphatic carbocycles. The van der Waals surface area contributed by atoms with Crippen molar-refractivity contribution in [2.24, 2.45) is 5.92 Å². The average Bonchev–Trinajstić information content (AvgIpc) is 3.53. The number of nitrogens with zero attached hydrogens (tertiary/aromatic N) is 4. The number of aryl methyl sites for hydroxylation is 1. The molecule has 2 N–H and O–H groups in total. The Morgan fingerprint density at radius 1 is 0.741 bits per heavy atom. The van der Waals surface area contributed by atoms with E-state index in [9.17, 15) is 14.7 Å². The molecule has 3 saturated heterocycles. The van der Waals surface area contributed by atoms with Gasteiger partial charge in [0.25, 0.3) is 5.91 Å². The molecule has 1 unspecified atom stereocenters. The number of nitrogens with one attached hydrogen (secondary N) is 1. The van der Waals surface area contributed by atoms with Crippen molar-refractivity contribution in [3.63, 3.8) is 0 Å². The lowest BCUT2D eigenvalue weighted by molar-refractivity contribution is -0.123. The van der Waals surface area contributed by atoms with Gasteiger partial charge in [-0.3, -0.25) is 14.5 Å². The van der Waals surface area contributed by atoms with Gasteiger partial charge in [0.2, 0.25) is 5.91 Å². The number of carbonyl (C=O) groups excluding carboxylic acids is 2. The summed E-state index contributed by atoms with van der Waals surface area (Å²) in [6, 6.07) is 28.5. The summed E-state index contributed by atoms with van der Waals surface area (Å²) in [5.41, 5.74) is 8.38. The lowest BCUT2D eigenvalue weighted by Gasteiger charge is -2.40. The number of halogens is 1. The van der Waals surface area contributed by atoms with Crippen LogP contribution in [0.3, 0.4) is 0 Å². The van der Waals surface area contributed by atoms with Crippen LogP contribution in [0.1, 0.15) is 82.1 Å². The Hall–Kier alpha value is -4.89. The SMILES string of the molecule is O=C1CCC(N2Cc3cc(N4CCN(CC5CCN(c6ccc([C@@H]7c8ccc(O)cc8CC[C@@H]7c7ccccc7)cc6F)CC5)CC4)ccc3C2=O)CN1. The maximum Gasteiger partial charge on any atom is 0.254 e. The molecule has 4 aromatic carbocycles. The fraction of sp³-hybridized carbons (Fsp3) is 0.422. The maximum atomic E-state index is 16.1. The second kappa shape index (κ2) is 14.7. The quantitative estimate of drug-likeness (QED) is 0.222. The number of carbonyl (C=O) groups is 2. The van der Waals surface area contributed by atoms with Crippen LogP contribution in [0.25, 0.3) is 0 Å². The topological polar surface area (TPSA) is 79.4 Å². The van der Waals surface area contributed by atoms with Gasteiger partial charge in [0.1, 0.15) is 11.6 Å². The summed E-state index contributed by atoms with van der Waals surface area (Å²) < 4.78 is 16.1. The van der Waals surface area contributed by atoms with Gasteiger partial charge in [-0.1, -0.05) is 42.5 Å². The zero-order valence-corrected chi connectivity index (χ0v) is 30.9. The first kappa shape index (κ1) is 34.9. The van der Waals surface area contributed by atoms with Crippen molar-refractivity contribution in [3.05, 3.63) is 124 Å². The summed E-state index contributed by atoms with van der Waals surface area (Å²) in [6.07, 6.45) is 5.16. The lowest BCUT2D eigenvalue weighted by atomic mass is 9.69. The van der Waals surface area contributed by atoms with Crippen LogP contribution in [0.2, 0.25) is 0 Å². The molecule has 0 radical (unpaired) electrons. The van der Waals surface area contributed by atoms with Crippen molar-refractivity contribution in [1.82, 2.24) is 15.1 Å². The molecule has 3 fully saturated rings. The number of hydrogen-bond acceptors (Lipinski definition) is 6. The molecule has 3 atom stereocenters. The highest BCUT2D eigenvalue weighted by atomic mass is 19.1. The largest absolute Gasteiger partial charge is 0.508 e. The highest BCUT2D eigenvalue weighted by Gasteiger charge is 2.36. The number of fused-ring (bicyclic) bond motifs is 2. The van der Waals surface area contributed by atoms with Gasteiger partial charge < -0.3 is 25.1 Å². The molecule has 0 aromatic heterocycles. The van der Waals surface area contributed by atoms with Gasteiger partial charge in [0.05, 0.1) is 11.7 Å². The van der Waals surface area contributed by atoms with E-state index in [-0.39, 0.29) is 41.3 Å². The van der Waals surface area contributed by atoms with Crippen molar-refractivity contribution >= 4 is 23.2 Å². The van der Waals surface area contributed by atoms with Crippen LogP contribution in [0, 0.1) is 11.7 Å². The number of hydrogen-bond donors (Lipinski definition) is 2. The molecule has 9 heteroatoms. The first-order chi connectivity index (χ1) is 26.4. The summed E-state index contributed by atoms with van der Waals surface area (Å²) in [4.78, 5) is 34.0. The van der Waals surface area contributed by atoms with Crippen LogP contribution in [-0.2, 0) is 17.8 Å². The predicted molar refractivity (Wildman–Crippen MR) is 210 cm³/mol. The van der Waals surface area contributed by atoms with E-state index >= 15 is 4.39 Å². The third-order valence-corrected chi connectivity index (χ3v) is 13.0. The number of phenolic OH excluding ortho intramolecular Hbond substituents is 1. The van der Waals surface area contributed by atoms with Crippen LogP contribution in [0.5, 0.6) is 5.75 Å². The first-order valence-electron chi connectivity index (χ1n) is 20.0. The Morgan fingerprint density at radius 3 is 2.31 bits per heavy atom. The Bertz CT molecular complexity index is 2010. The lowest BCUT2D eigenvalue weighted by Crippen LogP contribution is -2.49. The fourth-order valence-electron chi connectivity index (χ4n) is 9.97. The Labute approximate surface area is 317 Å². The van der Waals surface area contributed by atoms with Gasteiger partial charge in [0, 0.05) is 82.5 Å². The molecule has 2 amide bonds. The van der Waals surface area contributed by atoms with Crippen LogP contribution < -0.4 is 15.1 Å². The van der Waals surface area contributed by atoms with Crippen LogP contribution >= 0.6 is 0 Å². The average molecular weight is 728 g/mol. The van der Waals surface area contributed by atoms with Crippen molar-refractivity contribution in [3.8, 4) is 5.75 Å². The fourth-order valence-corrected chi connectivity index (χ4v) is 9.97. The minimum Gasteiger partial charge on any atom is -0.508 e. The molecule has 54 heavy (non-hydrogen) atoms. The molecule has 4 heterocycles. The van der Waals surface area contributed by atoms with Gasteiger partial charge in [-0.2, -0.15) is 0 Å². The minimum atomic E-state index is -0.147. The second-order valence-electron chi connectivity index (χ2n) is 16.1. The summed E-state index contributed by atoms with van der Waals surface area (Å²) in [5, 5.41) is 13.1. The Balaban J connectivity index is 0.794. The van der Waals surface area contributed by atoms with Crippen LogP contribution in [-0.4, -0.2) is 85.1 Å². The molecule has 4 aromatic rings. The van der Waals surface area contributed by atoms with Gasteiger partial charge >= 0.3 is 0 Å². The van der Waals surface area contributed by atoms with E-state index < -0.39 is 0 Å². The number of piperazine rings is 1. The van der Waals surface area contributed by atoms with E-state index in [0.29, 0.717) is 31.1 Å². The molecule has 0 saturated carbocycles. The Kier molecular flexibility index (Phi) is 9.51. The number of piperidine rings is 2. The van der Waals surface area contributed by atoms with Crippen molar-refractivity contribution in [1.29, 1.82) is 0 Å². The highest BCUT2D eigenvalue weighted by Crippen LogP contribution is 2.47. The highest BCUT2D eigenvalue weighted by molar-refractivity contribution is 5.99. The number of amides is 2. The van der Waals surface area contributed by atoms with Crippen molar-refractivity contribution in [2.75, 3.05) is 62.2 Å². The standard InChI is InChI=1S/C45H50FN5O3/c46-41-26-33(44-38(31-4-2-1-3-5-31)11-6-32-25-37(52)10-13-39(32)44)7-14-42(41)50-18-16-30(17-19-50)28-48-20-22-49(23-21-48)35-8-12-40-34(24-35)29-51(45(40)54)36-9-15-43(53)47-27-36/h1-5,7-8,10,12-14,24-26,30,36,38,44,52H,6,9,11,15-23,27-29H2,(H,47,53)/t36?,38-,44+/m1/s1. The third-order valence-electron chi connectivity index (χ3n) is 13.0. The van der Waals surface area contributed by atoms with Gasteiger partial charge in [-0.05, 0) is 114 Å².